The van der Waals surface area contributed by atoms with Crippen molar-refractivity contribution in [1.29, 1.82) is 0 Å². The van der Waals surface area contributed by atoms with Crippen molar-refractivity contribution >= 4 is 0 Å². The minimum absolute atomic E-state index is 0.228. The van der Waals surface area contributed by atoms with Crippen LogP contribution in [0.25, 0.3) is 0 Å². The first kappa shape index (κ1) is 12.7. The summed E-state index contributed by atoms with van der Waals surface area (Å²) in [6.07, 6.45) is -7.47. The van der Waals surface area contributed by atoms with Gasteiger partial charge in [-0.2, -0.15) is 13.2 Å². The van der Waals surface area contributed by atoms with Crippen molar-refractivity contribution in [3.63, 3.8) is 0 Å². The van der Waals surface area contributed by atoms with E-state index < -0.39 is 30.9 Å². The Labute approximate surface area is 74.1 Å². The highest BCUT2D eigenvalue weighted by atomic mass is 19.4. The number of hydrogen-bond donors (Lipinski definition) is 0. The van der Waals surface area contributed by atoms with Gasteiger partial charge >= 0.3 is 6.18 Å². The molecule has 0 radical (unpaired) electrons. The van der Waals surface area contributed by atoms with E-state index in [1.807, 2.05) is 0 Å². The van der Waals surface area contributed by atoms with E-state index in [2.05, 4.69) is 0 Å². The van der Waals surface area contributed by atoms with Crippen molar-refractivity contribution < 1.29 is 22.0 Å². The minimum atomic E-state index is -4.27. The molecule has 2 atom stereocenters. The Bertz CT molecular complexity index is 140. The molecule has 0 bridgehead atoms. The third-order valence-electron chi connectivity index (χ3n) is 1.90. The molecule has 0 aliphatic rings. The van der Waals surface area contributed by atoms with E-state index in [1.165, 1.54) is 6.92 Å². The zero-order chi connectivity index (χ0) is 10.6. The number of halogens is 5. The van der Waals surface area contributed by atoms with Crippen molar-refractivity contribution in [2.24, 2.45) is 11.8 Å². The van der Waals surface area contributed by atoms with E-state index in [1.54, 1.807) is 0 Å². The average Bonchev–Trinajstić information content (AvgIpc) is 1.82. The topological polar surface area (TPSA) is 0 Å². The molecule has 0 aromatic heterocycles. The molecule has 0 saturated carbocycles. The second kappa shape index (κ2) is 4.77. The third-order valence-corrected chi connectivity index (χ3v) is 1.90. The van der Waals surface area contributed by atoms with Gasteiger partial charge in [-0.1, -0.05) is 13.8 Å². The van der Waals surface area contributed by atoms with Gasteiger partial charge in [0.15, 0.2) is 0 Å². The monoisotopic (exact) mass is 204 g/mol. The van der Waals surface area contributed by atoms with Crippen LogP contribution in [0.3, 0.4) is 0 Å². The summed E-state index contributed by atoms with van der Waals surface area (Å²) in [7, 11) is 0. The lowest BCUT2D eigenvalue weighted by Crippen LogP contribution is -2.22. The van der Waals surface area contributed by atoms with Crippen molar-refractivity contribution in [1.82, 2.24) is 0 Å². The van der Waals surface area contributed by atoms with Gasteiger partial charge in [0.1, 0.15) is 0 Å². The fourth-order valence-electron chi connectivity index (χ4n) is 1.14. The first-order valence-electron chi connectivity index (χ1n) is 4.08. The second-order valence-corrected chi connectivity index (χ2v) is 3.41. The Morgan fingerprint density at radius 1 is 1.00 bits per heavy atom. The van der Waals surface area contributed by atoms with Crippen molar-refractivity contribution in [2.45, 2.75) is 39.3 Å². The van der Waals surface area contributed by atoms with Crippen LogP contribution in [0.15, 0.2) is 0 Å². The summed E-state index contributed by atoms with van der Waals surface area (Å²) in [5.41, 5.74) is 0. The summed E-state index contributed by atoms with van der Waals surface area (Å²) in [4.78, 5) is 0. The molecular formula is C8H13F5. The molecule has 2 unspecified atom stereocenters. The summed E-state index contributed by atoms with van der Waals surface area (Å²) in [6.45, 7) is 2.43. The van der Waals surface area contributed by atoms with Crippen molar-refractivity contribution in [3.05, 3.63) is 0 Å². The lowest BCUT2D eigenvalue weighted by Gasteiger charge is -2.19. The lowest BCUT2D eigenvalue weighted by atomic mass is 9.94. The minimum Gasteiger partial charge on any atom is -0.211 e. The van der Waals surface area contributed by atoms with Gasteiger partial charge in [-0.05, 0) is 12.3 Å². The smallest absolute Gasteiger partial charge is 0.211 e. The highest BCUT2D eigenvalue weighted by Crippen LogP contribution is 2.32. The zero-order valence-electron chi connectivity index (χ0n) is 7.54. The summed E-state index contributed by atoms with van der Waals surface area (Å²) >= 11 is 0. The highest BCUT2D eigenvalue weighted by molar-refractivity contribution is 4.66. The van der Waals surface area contributed by atoms with Gasteiger partial charge in [0.05, 0.1) is 5.92 Å². The van der Waals surface area contributed by atoms with E-state index >= 15 is 0 Å². The zero-order valence-corrected chi connectivity index (χ0v) is 7.54. The van der Waals surface area contributed by atoms with Crippen LogP contribution in [0, 0.1) is 11.8 Å². The summed E-state index contributed by atoms with van der Waals surface area (Å²) in [6, 6.07) is 0. The largest absolute Gasteiger partial charge is 0.391 e. The molecule has 0 aliphatic heterocycles. The highest BCUT2D eigenvalue weighted by Gasteiger charge is 2.36. The van der Waals surface area contributed by atoms with E-state index in [0.717, 1.165) is 6.92 Å². The molecule has 0 fully saturated rings. The quantitative estimate of drug-likeness (QED) is 0.610. The summed E-state index contributed by atoms with van der Waals surface area (Å²) in [5.74, 6) is -2.09. The van der Waals surface area contributed by atoms with Gasteiger partial charge in [-0.25, -0.2) is 8.78 Å². The number of rotatable bonds is 4. The van der Waals surface area contributed by atoms with E-state index in [4.69, 9.17) is 0 Å². The fraction of sp³-hybridized carbons (Fsp3) is 1.00. The Hall–Kier alpha value is -0.350. The molecule has 0 nitrogen and oxygen atoms in total. The van der Waals surface area contributed by atoms with E-state index in [0.29, 0.717) is 0 Å². The molecule has 0 saturated heterocycles. The van der Waals surface area contributed by atoms with Crippen LogP contribution in [0.1, 0.15) is 26.7 Å². The summed E-state index contributed by atoms with van der Waals surface area (Å²) in [5, 5.41) is 0. The standard InChI is InChI=1S/C8H13F5/c1-5(4-7(9)10)3-6(2)8(11,12)13/h5-7H,3-4H2,1-2H3. The fourth-order valence-corrected chi connectivity index (χ4v) is 1.14. The van der Waals surface area contributed by atoms with Crippen LogP contribution in [0.2, 0.25) is 0 Å². The van der Waals surface area contributed by atoms with Crippen LogP contribution in [0.5, 0.6) is 0 Å². The van der Waals surface area contributed by atoms with Crippen molar-refractivity contribution in [2.75, 3.05) is 0 Å². The molecule has 80 valence electrons. The molecule has 0 spiro atoms. The van der Waals surface area contributed by atoms with E-state index in [-0.39, 0.29) is 6.42 Å². The Kier molecular flexibility index (Phi) is 4.64. The van der Waals surface area contributed by atoms with Gasteiger partial charge < -0.3 is 0 Å². The first-order chi connectivity index (χ1) is 5.73. The summed E-state index contributed by atoms with van der Waals surface area (Å²) < 4.78 is 59.4. The molecule has 0 amide bonds. The molecule has 0 rings (SSSR count). The number of alkyl halides is 5. The molecule has 5 heteroatoms. The molecule has 0 N–H and O–H groups in total. The van der Waals surface area contributed by atoms with Crippen LogP contribution < -0.4 is 0 Å². The predicted octanol–water partition coefficient (Wildman–Crippen LogP) is 3.87. The Morgan fingerprint density at radius 3 is 1.77 bits per heavy atom. The van der Waals surface area contributed by atoms with Gasteiger partial charge in [-0.3, -0.25) is 0 Å². The molecule has 0 heterocycles. The normalized spacial score (nSPS) is 17.5. The van der Waals surface area contributed by atoms with Gasteiger partial charge in [0.2, 0.25) is 6.43 Å². The second-order valence-electron chi connectivity index (χ2n) is 3.41. The maximum Gasteiger partial charge on any atom is 0.391 e. The van der Waals surface area contributed by atoms with Gasteiger partial charge in [-0.15, -0.1) is 0 Å². The van der Waals surface area contributed by atoms with Crippen LogP contribution in [-0.2, 0) is 0 Å². The van der Waals surface area contributed by atoms with Crippen LogP contribution >= 0.6 is 0 Å². The first-order valence-corrected chi connectivity index (χ1v) is 4.08. The molecule has 13 heavy (non-hydrogen) atoms. The van der Waals surface area contributed by atoms with Crippen molar-refractivity contribution in [3.8, 4) is 0 Å². The Morgan fingerprint density at radius 2 is 1.46 bits per heavy atom. The molecular weight excluding hydrogens is 191 g/mol. The van der Waals surface area contributed by atoms with Crippen LogP contribution in [-0.4, -0.2) is 12.6 Å². The van der Waals surface area contributed by atoms with Crippen LogP contribution in [0.4, 0.5) is 22.0 Å². The van der Waals surface area contributed by atoms with Gasteiger partial charge in [0.25, 0.3) is 0 Å². The average molecular weight is 204 g/mol. The molecule has 0 aromatic rings. The van der Waals surface area contributed by atoms with Gasteiger partial charge in [0, 0.05) is 6.42 Å². The molecule has 0 aromatic carbocycles. The maximum absolute atomic E-state index is 12.0. The van der Waals surface area contributed by atoms with E-state index in [9.17, 15) is 22.0 Å². The third kappa shape index (κ3) is 5.82. The predicted molar refractivity (Wildman–Crippen MR) is 39.6 cm³/mol. The molecule has 0 aliphatic carbocycles. The SMILES string of the molecule is CC(CC(F)F)CC(C)C(F)(F)F. The number of hydrogen-bond acceptors (Lipinski definition) is 0. The lowest BCUT2D eigenvalue weighted by molar-refractivity contribution is -0.174. The maximum atomic E-state index is 12.0. The Balaban J connectivity index is 3.85.